The van der Waals surface area contributed by atoms with Crippen molar-refractivity contribution in [1.29, 1.82) is 0 Å². The molecule has 0 radical (unpaired) electrons. The second-order valence-corrected chi connectivity index (χ2v) is 5.31. The van der Waals surface area contributed by atoms with Gasteiger partial charge in [-0.05, 0) is 44.5 Å². The van der Waals surface area contributed by atoms with Gasteiger partial charge in [0.25, 0.3) is 0 Å². The quantitative estimate of drug-likeness (QED) is 0.909. The third kappa shape index (κ3) is 2.95. The van der Waals surface area contributed by atoms with Crippen LogP contribution in [0.2, 0.25) is 0 Å². The molecule has 1 saturated heterocycles. The molecule has 3 atom stereocenters. The molecule has 2 rings (SSSR count). The molecular formula is C15H21FN2O. The van der Waals surface area contributed by atoms with Crippen LogP contribution in [0.4, 0.5) is 4.39 Å². The Hall–Kier alpha value is -1.42. The Balaban J connectivity index is 2.08. The average molecular weight is 264 g/mol. The van der Waals surface area contributed by atoms with Crippen LogP contribution in [0.5, 0.6) is 0 Å². The number of hydrogen-bond acceptors (Lipinski definition) is 2. The van der Waals surface area contributed by atoms with E-state index in [4.69, 9.17) is 0 Å². The molecule has 3 nitrogen and oxygen atoms in total. The van der Waals surface area contributed by atoms with Crippen molar-refractivity contribution in [2.45, 2.75) is 32.4 Å². The lowest BCUT2D eigenvalue weighted by Crippen LogP contribution is -2.39. The van der Waals surface area contributed by atoms with Crippen LogP contribution in [-0.4, -0.2) is 30.4 Å². The Kier molecular flexibility index (Phi) is 4.20. The number of nitrogens with one attached hydrogen (secondary N) is 1. The molecule has 0 saturated carbocycles. The second-order valence-electron chi connectivity index (χ2n) is 5.31. The predicted octanol–water partition coefficient (Wildman–Crippen LogP) is 2.34. The second kappa shape index (κ2) is 5.70. The monoisotopic (exact) mass is 264 g/mol. The highest BCUT2D eigenvalue weighted by Crippen LogP contribution is 2.24. The molecule has 4 heteroatoms. The van der Waals surface area contributed by atoms with Gasteiger partial charge in [0.2, 0.25) is 5.91 Å². The molecule has 0 aromatic heterocycles. The van der Waals surface area contributed by atoms with E-state index in [0.29, 0.717) is 0 Å². The number of nitrogens with zero attached hydrogens (tertiary/aromatic N) is 1. The molecule has 1 heterocycles. The van der Waals surface area contributed by atoms with Gasteiger partial charge < -0.3 is 10.2 Å². The fourth-order valence-corrected chi connectivity index (χ4v) is 2.61. The summed E-state index contributed by atoms with van der Waals surface area (Å²) in [6, 6.07) is 6.53. The number of carbonyl (C=O) groups excluding carboxylic acids is 1. The van der Waals surface area contributed by atoms with Gasteiger partial charge in [0.15, 0.2) is 0 Å². The predicted molar refractivity (Wildman–Crippen MR) is 73.2 cm³/mol. The van der Waals surface area contributed by atoms with Crippen LogP contribution in [0.15, 0.2) is 24.3 Å². The van der Waals surface area contributed by atoms with Gasteiger partial charge >= 0.3 is 0 Å². The van der Waals surface area contributed by atoms with Crippen LogP contribution in [0.25, 0.3) is 0 Å². The van der Waals surface area contributed by atoms with Gasteiger partial charge in [0.05, 0.1) is 12.0 Å². The van der Waals surface area contributed by atoms with E-state index in [1.54, 1.807) is 17.0 Å². The third-order valence-electron chi connectivity index (χ3n) is 4.12. The fourth-order valence-electron chi connectivity index (χ4n) is 2.61. The van der Waals surface area contributed by atoms with E-state index in [0.717, 1.165) is 18.5 Å². The topological polar surface area (TPSA) is 32.3 Å². The molecule has 1 N–H and O–H groups in total. The first-order chi connectivity index (χ1) is 9.00. The van der Waals surface area contributed by atoms with Gasteiger partial charge in [-0.3, -0.25) is 4.79 Å². The molecule has 1 aliphatic rings. The van der Waals surface area contributed by atoms with E-state index in [2.05, 4.69) is 5.32 Å². The largest absolute Gasteiger partial charge is 0.339 e. The standard InChI is InChI=1S/C15H21FN2O/c1-10-14(8-9-17-10)15(19)18(3)11(2)12-4-6-13(16)7-5-12/h4-7,10-11,14,17H,8-9H2,1-3H3. The summed E-state index contributed by atoms with van der Waals surface area (Å²) >= 11 is 0. The zero-order valence-electron chi connectivity index (χ0n) is 11.7. The summed E-state index contributed by atoms with van der Waals surface area (Å²) in [6.07, 6.45) is 0.889. The van der Waals surface area contributed by atoms with E-state index in [-0.39, 0.29) is 29.7 Å². The summed E-state index contributed by atoms with van der Waals surface area (Å²) in [6.45, 7) is 4.92. The Labute approximate surface area is 113 Å². The van der Waals surface area contributed by atoms with Crippen LogP contribution in [0, 0.1) is 11.7 Å². The molecule has 0 bridgehead atoms. The first kappa shape index (κ1) is 14.0. The molecule has 1 aliphatic heterocycles. The van der Waals surface area contributed by atoms with Gasteiger partial charge in [-0.25, -0.2) is 4.39 Å². The van der Waals surface area contributed by atoms with Gasteiger partial charge in [-0.2, -0.15) is 0 Å². The summed E-state index contributed by atoms with van der Waals surface area (Å²) in [5.41, 5.74) is 0.954. The smallest absolute Gasteiger partial charge is 0.227 e. The number of hydrogen-bond donors (Lipinski definition) is 1. The lowest BCUT2D eigenvalue weighted by atomic mass is 9.98. The van der Waals surface area contributed by atoms with Crippen LogP contribution >= 0.6 is 0 Å². The summed E-state index contributed by atoms with van der Waals surface area (Å²) in [5, 5.41) is 3.29. The molecule has 3 unspecified atom stereocenters. The van der Waals surface area contributed by atoms with Crippen molar-refractivity contribution in [3.05, 3.63) is 35.6 Å². The molecule has 1 amide bonds. The van der Waals surface area contributed by atoms with Crippen LogP contribution < -0.4 is 5.32 Å². The maximum atomic E-state index is 12.9. The molecule has 1 fully saturated rings. The fraction of sp³-hybridized carbons (Fsp3) is 0.533. The third-order valence-corrected chi connectivity index (χ3v) is 4.12. The van der Waals surface area contributed by atoms with Crippen molar-refractivity contribution < 1.29 is 9.18 Å². The molecule has 19 heavy (non-hydrogen) atoms. The van der Waals surface area contributed by atoms with Crippen molar-refractivity contribution in [2.24, 2.45) is 5.92 Å². The zero-order chi connectivity index (χ0) is 14.0. The SMILES string of the molecule is CC1NCCC1C(=O)N(C)C(C)c1ccc(F)cc1. The van der Waals surface area contributed by atoms with Crippen molar-refractivity contribution in [2.75, 3.05) is 13.6 Å². The summed E-state index contributed by atoms with van der Waals surface area (Å²) in [5.74, 6) is -0.0410. The van der Waals surface area contributed by atoms with Crippen molar-refractivity contribution >= 4 is 5.91 Å². The summed E-state index contributed by atoms with van der Waals surface area (Å²) in [4.78, 5) is 14.2. The van der Waals surface area contributed by atoms with Crippen molar-refractivity contribution in [3.8, 4) is 0 Å². The molecular weight excluding hydrogens is 243 g/mol. The van der Waals surface area contributed by atoms with Crippen LogP contribution in [-0.2, 0) is 4.79 Å². The van der Waals surface area contributed by atoms with E-state index < -0.39 is 0 Å². The molecule has 104 valence electrons. The van der Waals surface area contributed by atoms with Gasteiger partial charge in [-0.15, -0.1) is 0 Å². The molecule has 0 spiro atoms. The number of halogens is 1. The van der Waals surface area contributed by atoms with Gasteiger partial charge in [0.1, 0.15) is 5.82 Å². The minimum absolute atomic E-state index is 0.0408. The maximum Gasteiger partial charge on any atom is 0.227 e. The van der Waals surface area contributed by atoms with Crippen molar-refractivity contribution in [3.63, 3.8) is 0 Å². The maximum absolute atomic E-state index is 12.9. The Bertz CT molecular complexity index is 446. The van der Waals surface area contributed by atoms with E-state index in [9.17, 15) is 9.18 Å². The Morgan fingerprint density at radius 3 is 2.58 bits per heavy atom. The minimum Gasteiger partial charge on any atom is -0.339 e. The highest BCUT2D eigenvalue weighted by atomic mass is 19.1. The molecule has 0 aliphatic carbocycles. The molecule has 1 aromatic carbocycles. The van der Waals surface area contributed by atoms with E-state index >= 15 is 0 Å². The lowest BCUT2D eigenvalue weighted by molar-refractivity contribution is -0.136. The van der Waals surface area contributed by atoms with Crippen molar-refractivity contribution in [1.82, 2.24) is 10.2 Å². The van der Waals surface area contributed by atoms with E-state index in [1.807, 2.05) is 20.9 Å². The Morgan fingerprint density at radius 1 is 1.42 bits per heavy atom. The molecule has 1 aromatic rings. The number of amides is 1. The summed E-state index contributed by atoms with van der Waals surface area (Å²) < 4.78 is 12.9. The first-order valence-electron chi connectivity index (χ1n) is 6.76. The number of carbonyl (C=O) groups is 1. The Morgan fingerprint density at radius 2 is 2.05 bits per heavy atom. The lowest BCUT2D eigenvalue weighted by Gasteiger charge is -2.29. The van der Waals surface area contributed by atoms with Crippen LogP contribution in [0.1, 0.15) is 31.9 Å². The highest BCUT2D eigenvalue weighted by molar-refractivity contribution is 5.80. The first-order valence-corrected chi connectivity index (χ1v) is 6.76. The summed E-state index contributed by atoms with van der Waals surface area (Å²) in [7, 11) is 1.82. The zero-order valence-corrected chi connectivity index (χ0v) is 11.7. The van der Waals surface area contributed by atoms with Crippen LogP contribution in [0.3, 0.4) is 0 Å². The highest BCUT2D eigenvalue weighted by Gasteiger charge is 2.33. The number of benzene rings is 1. The number of rotatable bonds is 3. The van der Waals surface area contributed by atoms with E-state index in [1.165, 1.54) is 12.1 Å². The van der Waals surface area contributed by atoms with Gasteiger partial charge in [0, 0.05) is 13.1 Å². The van der Waals surface area contributed by atoms with Gasteiger partial charge in [-0.1, -0.05) is 12.1 Å². The minimum atomic E-state index is -0.251. The average Bonchev–Trinajstić information content (AvgIpc) is 2.83. The normalized spacial score (nSPS) is 24.2.